The molecule has 4 saturated carbocycles. The maximum absolute atomic E-state index is 13.8. The number of imide groups is 1. The largest absolute Gasteiger partial charge is 0.332 e. The highest BCUT2D eigenvalue weighted by Gasteiger charge is 2.51. The minimum Gasteiger partial charge on any atom is -0.332 e. The predicted molar refractivity (Wildman–Crippen MR) is 110 cm³/mol. The summed E-state index contributed by atoms with van der Waals surface area (Å²) < 4.78 is 13.8. The first-order chi connectivity index (χ1) is 14.5. The zero-order chi connectivity index (χ0) is 20.7. The molecule has 0 aliphatic heterocycles. The SMILES string of the molecule is O=C(CSc1n[nH]c(-c2ccccc2F)n1)NC(=O)NC12CC3CC(CC(C3)C1)C2. The molecule has 1 aromatic heterocycles. The van der Waals surface area contributed by atoms with Crippen LogP contribution in [0.15, 0.2) is 29.4 Å². The first kappa shape index (κ1) is 19.5. The number of carbonyl (C=O) groups excluding carboxylic acids is 2. The van der Waals surface area contributed by atoms with Crippen molar-refractivity contribution in [1.82, 2.24) is 25.8 Å². The summed E-state index contributed by atoms with van der Waals surface area (Å²) in [6.45, 7) is 0. The second-order valence-electron chi connectivity index (χ2n) is 8.94. The quantitative estimate of drug-likeness (QED) is 0.632. The van der Waals surface area contributed by atoms with Crippen molar-refractivity contribution >= 4 is 23.7 Å². The van der Waals surface area contributed by atoms with E-state index < -0.39 is 17.8 Å². The third kappa shape index (κ3) is 3.95. The van der Waals surface area contributed by atoms with Crippen LogP contribution in [-0.4, -0.2) is 38.4 Å². The molecule has 4 bridgehead atoms. The fraction of sp³-hybridized carbons (Fsp3) is 0.524. The number of nitrogens with one attached hydrogen (secondary N) is 3. The lowest BCUT2D eigenvalue weighted by Gasteiger charge is -2.56. The molecule has 0 spiro atoms. The lowest BCUT2D eigenvalue weighted by molar-refractivity contribution is -0.117. The molecule has 7 nitrogen and oxygen atoms in total. The Balaban J connectivity index is 1.13. The monoisotopic (exact) mass is 429 g/mol. The molecule has 0 radical (unpaired) electrons. The molecule has 1 aromatic carbocycles. The summed E-state index contributed by atoms with van der Waals surface area (Å²) in [6.07, 6.45) is 6.99. The van der Waals surface area contributed by atoms with Gasteiger partial charge in [0.25, 0.3) is 0 Å². The number of H-pyrrole nitrogens is 1. The Kier molecular flexibility index (Phi) is 5.00. The van der Waals surface area contributed by atoms with Crippen LogP contribution < -0.4 is 10.6 Å². The molecule has 4 fully saturated rings. The minimum atomic E-state index is -0.412. The number of thioether (sulfide) groups is 1. The van der Waals surface area contributed by atoms with Crippen LogP contribution >= 0.6 is 11.8 Å². The molecule has 0 atom stereocenters. The minimum absolute atomic E-state index is 0.00284. The van der Waals surface area contributed by atoms with E-state index in [-0.39, 0.29) is 11.3 Å². The standard InChI is InChI=1S/C21H24FN5O2S/c22-16-4-2-1-3-15(16)18-24-20(27-26-18)30-11-17(28)23-19(29)25-21-8-12-5-13(9-21)7-14(6-12)10-21/h1-4,12-14H,5-11H2,(H,24,26,27)(H2,23,25,28,29). The third-order valence-corrected chi connectivity index (χ3v) is 7.44. The molecule has 6 rings (SSSR count). The summed E-state index contributed by atoms with van der Waals surface area (Å²) in [5.74, 6) is 1.66. The smallest absolute Gasteiger partial charge is 0.321 e. The number of amides is 3. The van der Waals surface area contributed by atoms with Gasteiger partial charge in [0.05, 0.1) is 11.3 Å². The topological polar surface area (TPSA) is 99.8 Å². The molecule has 4 aliphatic carbocycles. The molecular formula is C21H24FN5O2S. The fourth-order valence-electron chi connectivity index (χ4n) is 5.91. The number of benzene rings is 1. The predicted octanol–water partition coefficient (Wildman–Crippen LogP) is 3.50. The van der Waals surface area contributed by atoms with Crippen LogP contribution in [0.5, 0.6) is 0 Å². The summed E-state index contributed by atoms with van der Waals surface area (Å²) in [7, 11) is 0. The second-order valence-corrected chi connectivity index (χ2v) is 9.88. The van der Waals surface area contributed by atoms with Gasteiger partial charge in [-0.3, -0.25) is 15.2 Å². The van der Waals surface area contributed by atoms with Crippen molar-refractivity contribution in [2.45, 2.75) is 49.2 Å². The number of hydrogen-bond acceptors (Lipinski definition) is 5. The Bertz CT molecular complexity index is 943. The number of aromatic nitrogens is 3. The number of halogens is 1. The molecule has 4 aliphatic rings. The van der Waals surface area contributed by atoms with Gasteiger partial charge in [-0.25, -0.2) is 14.2 Å². The van der Waals surface area contributed by atoms with Crippen LogP contribution in [0, 0.1) is 23.6 Å². The van der Waals surface area contributed by atoms with Crippen LogP contribution in [-0.2, 0) is 4.79 Å². The molecule has 3 amide bonds. The molecule has 1 heterocycles. The van der Waals surface area contributed by atoms with E-state index in [1.807, 2.05) is 0 Å². The summed E-state index contributed by atoms with van der Waals surface area (Å²) in [4.78, 5) is 28.9. The normalized spacial score (nSPS) is 29.0. The Hall–Kier alpha value is -2.42. The maximum atomic E-state index is 13.8. The van der Waals surface area contributed by atoms with Crippen molar-refractivity contribution in [2.75, 3.05) is 5.75 Å². The number of aromatic amines is 1. The van der Waals surface area contributed by atoms with E-state index in [1.54, 1.807) is 18.2 Å². The van der Waals surface area contributed by atoms with Gasteiger partial charge in [-0.1, -0.05) is 23.9 Å². The summed E-state index contributed by atoms with van der Waals surface area (Å²) in [5.41, 5.74) is 0.182. The third-order valence-electron chi connectivity index (χ3n) is 6.60. The van der Waals surface area contributed by atoms with Gasteiger partial charge in [-0.05, 0) is 68.4 Å². The van der Waals surface area contributed by atoms with Crippen molar-refractivity contribution in [1.29, 1.82) is 0 Å². The van der Waals surface area contributed by atoms with Crippen LogP contribution in [0.1, 0.15) is 38.5 Å². The highest BCUT2D eigenvalue weighted by Crippen LogP contribution is 2.55. The first-order valence-electron chi connectivity index (χ1n) is 10.4. The van der Waals surface area contributed by atoms with Gasteiger partial charge in [-0.15, -0.1) is 5.10 Å². The number of nitrogens with zero attached hydrogens (tertiary/aromatic N) is 2. The molecule has 0 unspecified atom stereocenters. The zero-order valence-corrected chi connectivity index (χ0v) is 17.3. The summed E-state index contributed by atoms with van der Waals surface area (Å²) in [5, 5.41) is 12.6. The highest BCUT2D eigenvalue weighted by atomic mass is 32.2. The Morgan fingerprint density at radius 3 is 2.47 bits per heavy atom. The van der Waals surface area contributed by atoms with Gasteiger partial charge in [0.1, 0.15) is 5.82 Å². The van der Waals surface area contributed by atoms with Crippen molar-refractivity contribution in [3.8, 4) is 11.4 Å². The summed E-state index contributed by atoms with van der Waals surface area (Å²) >= 11 is 1.09. The van der Waals surface area contributed by atoms with E-state index in [0.29, 0.717) is 16.5 Å². The number of carbonyl (C=O) groups is 2. The zero-order valence-electron chi connectivity index (χ0n) is 16.5. The molecular weight excluding hydrogens is 405 g/mol. The number of urea groups is 1. The molecule has 0 saturated heterocycles. The van der Waals surface area contributed by atoms with Crippen LogP contribution in [0.25, 0.3) is 11.4 Å². The van der Waals surface area contributed by atoms with Gasteiger partial charge in [0.2, 0.25) is 11.1 Å². The molecule has 30 heavy (non-hydrogen) atoms. The van der Waals surface area contributed by atoms with E-state index in [2.05, 4.69) is 25.8 Å². The van der Waals surface area contributed by atoms with Crippen molar-refractivity contribution in [2.24, 2.45) is 17.8 Å². The first-order valence-corrected chi connectivity index (χ1v) is 11.4. The van der Waals surface area contributed by atoms with Crippen molar-refractivity contribution in [3.05, 3.63) is 30.1 Å². The fourth-order valence-corrected chi connectivity index (χ4v) is 6.51. The molecule has 158 valence electrons. The maximum Gasteiger partial charge on any atom is 0.321 e. The van der Waals surface area contributed by atoms with E-state index in [4.69, 9.17) is 0 Å². The average Bonchev–Trinajstić information content (AvgIpc) is 3.14. The van der Waals surface area contributed by atoms with E-state index in [0.717, 1.165) is 48.8 Å². The lowest BCUT2D eigenvalue weighted by Crippen LogP contribution is -2.61. The van der Waals surface area contributed by atoms with Crippen molar-refractivity contribution in [3.63, 3.8) is 0 Å². The van der Waals surface area contributed by atoms with E-state index >= 15 is 0 Å². The van der Waals surface area contributed by atoms with Gasteiger partial charge in [0, 0.05) is 5.54 Å². The van der Waals surface area contributed by atoms with Crippen LogP contribution in [0.4, 0.5) is 9.18 Å². The summed E-state index contributed by atoms with van der Waals surface area (Å²) in [6, 6.07) is 5.85. The van der Waals surface area contributed by atoms with Crippen molar-refractivity contribution < 1.29 is 14.0 Å². The second kappa shape index (κ2) is 7.68. The van der Waals surface area contributed by atoms with Gasteiger partial charge >= 0.3 is 6.03 Å². The number of rotatable bonds is 5. The van der Waals surface area contributed by atoms with Crippen LogP contribution in [0.3, 0.4) is 0 Å². The van der Waals surface area contributed by atoms with Crippen LogP contribution in [0.2, 0.25) is 0 Å². The van der Waals surface area contributed by atoms with E-state index in [1.165, 1.54) is 25.3 Å². The van der Waals surface area contributed by atoms with Gasteiger partial charge in [0.15, 0.2) is 5.82 Å². The van der Waals surface area contributed by atoms with Gasteiger partial charge < -0.3 is 5.32 Å². The molecule has 3 N–H and O–H groups in total. The molecule has 2 aromatic rings. The van der Waals surface area contributed by atoms with E-state index in [9.17, 15) is 14.0 Å². The highest BCUT2D eigenvalue weighted by molar-refractivity contribution is 7.99. The molecule has 9 heteroatoms. The van der Waals surface area contributed by atoms with Gasteiger partial charge in [-0.2, -0.15) is 0 Å². The lowest BCUT2D eigenvalue weighted by atomic mass is 9.53. The Labute approximate surface area is 178 Å². The Morgan fingerprint density at radius 1 is 1.13 bits per heavy atom. The Morgan fingerprint density at radius 2 is 1.80 bits per heavy atom. The number of hydrogen-bond donors (Lipinski definition) is 3. The average molecular weight is 430 g/mol.